The van der Waals surface area contributed by atoms with Gasteiger partial charge in [0.25, 0.3) is 0 Å². The summed E-state index contributed by atoms with van der Waals surface area (Å²) >= 11 is 0. The number of rotatable bonds is 4. The number of hydrogen-bond acceptors (Lipinski definition) is 4. The van der Waals surface area contributed by atoms with E-state index in [0.717, 1.165) is 27.8 Å². The van der Waals surface area contributed by atoms with Crippen LogP contribution in [0.25, 0.3) is 22.5 Å². The van der Waals surface area contributed by atoms with Gasteiger partial charge in [0.2, 0.25) is 11.7 Å². The van der Waals surface area contributed by atoms with Crippen molar-refractivity contribution in [1.29, 1.82) is 0 Å². The fourth-order valence-corrected chi connectivity index (χ4v) is 2.93. The van der Waals surface area contributed by atoms with E-state index in [4.69, 9.17) is 8.94 Å². The highest BCUT2D eigenvalue weighted by molar-refractivity contribution is 5.93. The molecule has 0 fully saturated rings. The molecule has 1 N–H and O–H groups in total. The predicted molar refractivity (Wildman–Crippen MR) is 100.0 cm³/mol. The maximum atomic E-state index is 12.3. The van der Waals surface area contributed by atoms with Crippen LogP contribution in [0.4, 0.5) is 5.69 Å². The first kappa shape index (κ1) is 16.1. The zero-order chi connectivity index (χ0) is 18.1. The number of para-hydroxylation sites is 1. The molecule has 0 saturated heterocycles. The van der Waals surface area contributed by atoms with Gasteiger partial charge in [0.1, 0.15) is 5.58 Å². The largest absolute Gasteiger partial charge is 0.453 e. The van der Waals surface area contributed by atoms with Crippen LogP contribution >= 0.6 is 0 Å². The Morgan fingerprint density at radius 3 is 2.69 bits per heavy atom. The van der Waals surface area contributed by atoms with Crippen LogP contribution < -0.4 is 5.32 Å². The fraction of sp³-hybridized carbons (Fsp3) is 0.143. The molecule has 0 aliphatic heterocycles. The number of hydrogen-bond donors (Lipinski definition) is 1. The molecule has 0 unspecified atom stereocenters. The quantitative estimate of drug-likeness (QED) is 0.571. The molecule has 2 aromatic carbocycles. The molecule has 5 heteroatoms. The summed E-state index contributed by atoms with van der Waals surface area (Å²) in [6.45, 7) is 3.99. The van der Waals surface area contributed by atoms with Crippen LogP contribution in [0.15, 0.2) is 63.5 Å². The fourth-order valence-electron chi connectivity index (χ4n) is 2.93. The molecule has 0 saturated carbocycles. The molecule has 0 bridgehead atoms. The van der Waals surface area contributed by atoms with Gasteiger partial charge in [0.05, 0.1) is 12.1 Å². The van der Waals surface area contributed by atoms with Crippen molar-refractivity contribution in [2.75, 3.05) is 5.32 Å². The topological polar surface area (TPSA) is 68.3 Å². The van der Waals surface area contributed by atoms with Crippen molar-refractivity contribution in [3.05, 3.63) is 71.4 Å². The molecule has 26 heavy (non-hydrogen) atoms. The number of carbonyl (C=O) groups is 1. The maximum absolute atomic E-state index is 12.3. The van der Waals surface area contributed by atoms with E-state index in [0.29, 0.717) is 17.2 Å². The summed E-state index contributed by atoms with van der Waals surface area (Å²) in [5.74, 6) is 0.969. The first-order valence-electron chi connectivity index (χ1n) is 8.40. The van der Waals surface area contributed by atoms with Gasteiger partial charge in [-0.25, -0.2) is 0 Å². The predicted octanol–water partition coefficient (Wildman–Crippen LogP) is 4.89. The Morgan fingerprint density at radius 1 is 1.04 bits per heavy atom. The molecule has 1 amide bonds. The van der Waals surface area contributed by atoms with Crippen LogP contribution in [0.1, 0.15) is 16.8 Å². The van der Waals surface area contributed by atoms with Gasteiger partial charge in [0, 0.05) is 17.1 Å². The van der Waals surface area contributed by atoms with Crippen molar-refractivity contribution in [3.8, 4) is 11.5 Å². The average molecular weight is 346 g/mol. The minimum absolute atomic E-state index is 0.136. The summed E-state index contributed by atoms with van der Waals surface area (Å²) in [5, 5.41) is 7.89. The van der Waals surface area contributed by atoms with Crippen molar-refractivity contribution < 1.29 is 13.7 Å². The monoisotopic (exact) mass is 346 g/mol. The number of nitrogens with zero attached hydrogens (tertiary/aromatic N) is 1. The number of aromatic nitrogens is 1. The number of anilines is 1. The third-order valence-corrected chi connectivity index (χ3v) is 4.22. The second kappa shape index (κ2) is 6.52. The highest BCUT2D eigenvalue weighted by Crippen LogP contribution is 2.28. The molecule has 0 aliphatic carbocycles. The summed E-state index contributed by atoms with van der Waals surface area (Å²) in [7, 11) is 0. The summed E-state index contributed by atoms with van der Waals surface area (Å²) < 4.78 is 11.1. The van der Waals surface area contributed by atoms with E-state index in [-0.39, 0.29) is 12.3 Å². The van der Waals surface area contributed by atoms with E-state index in [2.05, 4.69) is 10.5 Å². The molecule has 0 spiro atoms. The minimum Gasteiger partial charge on any atom is -0.453 e. The van der Waals surface area contributed by atoms with Crippen LogP contribution in [0.3, 0.4) is 0 Å². The standard InChI is InChI=1S/C21H18N2O3/c1-13-7-8-17(14(2)9-13)22-21(24)12-16-11-20(26-23-16)19-10-15-5-3-4-6-18(15)25-19/h3-11H,12H2,1-2H3,(H,22,24). The van der Waals surface area contributed by atoms with Gasteiger partial charge < -0.3 is 14.3 Å². The zero-order valence-electron chi connectivity index (χ0n) is 14.6. The molecule has 0 aliphatic rings. The molecule has 0 radical (unpaired) electrons. The number of aryl methyl sites for hydroxylation is 2. The number of fused-ring (bicyclic) bond motifs is 1. The number of amides is 1. The lowest BCUT2D eigenvalue weighted by Gasteiger charge is -2.08. The Labute approximate surface area is 150 Å². The molecule has 5 nitrogen and oxygen atoms in total. The third kappa shape index (κ3) is 3.24. The Kier molecular flexibility index (Phi) is 4.05. The van der Waals surface area contributed by atoms with Gasteiger partial charge in [0.15, 0.2) is 5.76 Å². The Bertz CT molecular complexity index is 1060. The highest BCUT2D eigenvalue weighted by atomic mass is 16.5. The van der Waals surface area contributed by atoms with E-state index < -0.39 is 0 Å². The van der Waals surface area contributed by atoms with Crippen LogP contribution in [0.5, 0.6) is 0 Å². The SMILES string of the molecule is Cc1ccc(NC(=O)Cc2cc(-c3cc4ccccc4o3)on2)c(C)c1. The van der Waals surface area contributed by atoms with Gasteiger partial charge in [-0.3, -0.25) is 4.79 Å². The second-order valence-electron chi connectivity index (χ2n) is 6.37. The number of benzene rings is 2. The Hall–Kier alpha value is -3.34. The van der Waals surface area contributed by atoms with Crippen LogP contribution in [-0.4, -0.2) is 11.1 Å². The molecule has 0 atom stereocenters. The van der Waals surface area contributed by atoms with Gasteiger partial charge in [-0.1, -0.05) is 41.1 Å². The van der Waals surface area contributed by atoms with E-state index in [1.807, 2.05) is 62.4 Å². The molecule has 4 aromatic rings. The molecule has 2 heterocycles. The van der Waals surface area contributed by atoms with Crippen molar-refractivity contribution >= 4 is 22.6 Å². The van der Waals surface area contributed by atoms with E-state index >= 15 is 0 Å². The smallest absolute Gasteiger partial charge is 0.230 e. The van der Waals surface area contributed by atoms with Crippen molar-refractivity contribution in [2.45, 2.75) is 20.3 Å². The lowest BCUT2D eigenvalue weighted by molar-refractivity contribution is -0.115. The number of furan rings is 1. The van der Waals surface area contributed by atoms with Crippen LogP contribution in [-0.2, 0) is 11.2 Å². The first-order valence-corrected chi connectivity index (χ1v) is 8.40. The summed E-state index contributed by atoms with van der Waals surface area (Å²) in [6, 6.07) is 17.3. The molecular formula is C21H18N2O3. The number of nitrogens with one attached hydrogen (secondary N) is 1. The van der Waals surface area contributed by atoms with Crippen molar-refractivity contribution in [1.82, 2.24) is 5.16 Å². The van der Waals surface area contributed by atoms with E-state index in [9.17, 15) is 4.79 Å². The van der Waals surface area contributed by atoms with Gasteiger partial charge in [-0.15, -0.1) is 0 Å². The van der Waals surface area contributed by atoms with Gasteiger partial charge in [-0.2, -0.15) is 0 Å². The summed E-state index contributed by atoms with van der Waals surface area (Å²) in [6.07, 6.45) is 0.136. The van der Waals surface area contributed by atoms with E-state index in [1.165, 1.54) is 0 Å². The van der Waals surface area contributed by atoms with Crippen molar-refractivity contribution in [2.24, 2.45) is 0 Å². The Balaban J connectivity index is 1.48. The molecule has 4 rings (SSSR count). The van der Waals surface area contributed by atoms with Gasteiger partial charge >= 0.3 is 0 Å². The van der Waals surface area contributed by atoms with E-state index in [1.54, 1.807) is 6.07 Å². The second-order valence-corrected chi connectivity index (χ2v) is 6.37. The summed E-state index contributed by atoms with van der Waals surface area (Å²) in [4.78, 5) is 12.3. The lowest BCUT2D eigenvalue weighted by atomic mass is 10.1. The zero-order valence-corrected chi connectivity index (χ0v) is 14.6. The molecular weight excluding hydrogens is 328 g/mol. The van der Waals surface area contributed by atoms with Gasteiger partial charge in [-0.05, 0) is 37.6 Å². The van der Waals surface area contributed by atoms with Crippen LogP contribution in [0, 0.1) is 13.8 Å². The van der Waals surface area contributed by atoms with Crippen LogP contribution in [0.2, 0.25) is 0 Å². The lowest BCUT2D eigenvalue weighted by Crippen LogP contribution is -2.15. The summed E-state index contributed by atoms with van der Waals surface area (Å²) in [5.41, 5.74) is 4.34. The first-order chi connectivity index (χ1) is 12.6. The average Bonchev–Trinajstić information content (AvgIpc) is 3.23. The minimum atomic E-state index is -0.138. The third-order valence-electron chi connectivity index (χ3n) is 4.22. The molecule has 130 valence electrons. The normalized spacial score (nSPS) is 11.0. The highest BCUT2D eigenvalue weighted by Gasteiger charge is 2.14. The Morgan fingerprint density at radius 2 is 1.88 bits per heavy atom. The number of carbonyl (C=O) groups excluding carboxylic acids is 1. The van der Waals surface area contributed by atoms with Crippen molar-refractivity contribution in [3.63, 3.8) is 0 Å². The maximum Gasteiger partial charge on any atom is 0.230 e. The molecule has 2 aromatic heterocycles.